The van der Waals surface area contributed by atoms with Gasteiger partial charge in [0.1, 0.15) is 0 Å². The van der Waals surface area contributed by atoms with Crippen LogP contribution >= 0.6 is 0 Å². The Hall–Kier alpha value is -1.09. The highest BCUT2D eigenvalue weighted by Crippen LogP contribution is 2.20. The maximum atomic E-state index is 5.62. The van der Waals surface area contributed by atoms with Gasteiger partial charge >= 0.3 is 0 Å². The number of anilines is 1. The molecule has 0 spiro atoms. The first-order chi connectivity index (χ1) is 8.28. The molecule has 3 nitrogen and oxygen atoms in total. The van der Waals surface area contributed by atoms with Crippen LogP contribution in [0.3, 0.4) is 0 Å². The van der Waals surface area contributed by atoms with Crippen molar-refractivity contribution >= 4 is 5.69 Å². The average molecular weight is 233 g/mol. The number of hydrogen-bond donors (Lipinski definition) is 1. The van der Waals surface area contributed by atoms with Gasteiger partial charge in [0.15, 0.2) is 0 Å². The number of nitrogens with two attached hydrogens (primary N) is 1. The summed E-state index contributed by atoms with van der Waals surface area (Å²) < 4.78 is 0. The van der Waals surface area contributed by atoms with Crippen LogP contribution < -0.4 is 5.73 Å². The fraction of sp³-hybridized carbons (Fsp3) is 0.643. The number of nitrogen functional groups attached to an aromatic ring is 1. The van der Waals surface area contributed by atoms with E-state index >= 15 is 0 Å². The Bertz CT molecular complexity index is 334. The fourth-order valence-corrected chi connectivity index (χ4v) is 2.62. The Morgan fingerprint density at radius 1 is 1.47 bits per heavy atom. The van der Waals surface area contributed by atoms with E-state index in [1.807, 2.05) is 12.1 Å². The van der Waals surface area contributed by atoms with Gasteiger partial charge in [-0.15, -0.1) is 0 Å². The van der Waals surface area contributed by atoms with Crippen LogP contribution in [0.1, 0.15) is 31.9 Å². The molecule has 0 bridgehead atoms. The highest BCUT2D eigenvalue weighted by atomic mass is 15.1. The largest absolute Gasteiger partial charge is 0.397 e. The van der Waals surface area contributed by atoms with Crippen LogP contribution in [0, 0.1) is 5.92 Å². The molecule has 1 aromatic heterocycles. The van der Waals surface area contributed by atoms with Crippen molar-refractivity contribution in [2.24, 2.45) is 5.92 Å². The highest BCUT2D eigenvalue weighted by molar-refractivity contribution is 5.34. The van der Waals surface area contributed by atoms with E-state index in [1.165, 1.54) is 32.4 Å². The number of aromatic nitrogens is 1. The third-order valence-electron chi connectivity index (χ3n) is 3.60. The van der Waals surface area contributed by atoms with Crippen LogP contribution in [0.4, 0.5) is 5.69 Å². The summed E-state index contributed by atoms with van der Waals surface area (Å²) in [6.07, 6.45) is 6.87. The number of pyridine rings is 1. The first-order valence-electron chi connectivity index (χ1n) is 6.70. The molecule has 1 aromatic rings. The molecule has 0 radical (unpaired) electrons. The molecule has 0 aromatic carbocycles. The summed E-state index contributed by atoms with van der Waals surface area (Å²) in [6.45, 7) is 5.96. The molecule has 0 aliphatic carbocycles. The van der Waals surface area contributed by atoms with Crippen molar-refractivity contribution in [2.75, 3.05) is 25.4 Å². The summed E-state index contributed by atoms with van der Waals surface area (Å²) in [6, 6.07) is 3.97. The lowest BCUT2D eigenvalue weighted by Crippen LogP contribution is -2.23. The van der Waals surface area contributed by atoms with Crippen LogP contribution in [0.2, 0.25) is 0 Å². The molecule has 17 heavy (non-hydrogen) atoms. The number of rotatable bonds is 5. The van der Waals surface area contributed by atoms with Crippen LogP contribution in [0.25, 0.3) is 0 Å². The summed E-state index contributed by atoms with van der Waals surface area (Å²) in [7, 11) is 0. The van der Waals surface area contributed by atoms with Crippen molar-refractivity contribution in [1.82, 2.24) is 9.88 Å². The number of nitrogens with zero attached hydrogens (tertiary/aromatic N) is 2. The van der Waals surface area contributed by atoms with E-state index < -0.39 is 0 Å². The van der Waals surface area contributed by atoms with Crippen molar-refractivity contribution < 1.29 is 0 Å². The van der Waals surface area contributed by atoms with Gasteiger partial charge in [0.25, 0.3) is 0 Å². The van der Waals surface area contributed by atoms with Gasteiger partial charge in [-0.3, -0.25) is 4.98 Å². The number of likely N-dealkylation sites (tertiary alicyclic amines) is 1. The molecular formula is C14H23N3. The van der Waals surface area contributed by atoms with E-state index in [1.54, 1.807) is 6.20 Å². The second-order valence-corrected chi connectivity index (χ2v) is 5.08. The summed E-state index contributed by atoms with van der Waals surface area (Å²) in [5.74, 6) is 0.930. The summed E-state index contributed by atoms with van der Waals surface area (Å²) in [5.41, 5.74) is 7.52. The predicted molar refractivity (Wildman–Crippen MR) is 71.8 cm³/mol. The van der Waals surface area contributed by atoms with E-state index in [0.717, 1.165) is 30.3 Å². The topological polar surface area (TPSA) is 42.1 Å². The third kappa shape index (κ3) is 3.70. The summed E-state index contributed by atoms with van der Waals surface area (Å²) >= 11 is 0. The molecule has 2 heterocycles. The monoisotopic (exact) mass is 233 g/mol. The molecule has 1 aliphatic rings. The molecule has 2 rings (SSSR count). The van der Waals surface area contributed by atoms with E-state index in [-0.39, 0.29) is 0 Å². The Balaban J connectivity index is 1.74. The molecular weight excluding hydrogens is 210 g/mol. The molecule has 1 fully saturated rings. The minimum atomic E-state index is 0.748. The second-order valence-electron chi connectivity index (χ2n) is 5.08. The lowest BCUT2D eigenvalue weighted by Gasteiger charge is -2.15. The maximum Gasteiger partial charge on any atom is 0.0501 e. The van der Waals surface area contributed by atoms with E-state index in [9.17, 15) is 0 Å². The van der Waals surface area contributed by atoms with Crippen molar-refractivity contribution in [2.45, 2.75) is 32.6 Å². The molecule has 1 saturated heterocycles. The Morgan fingerprint density at radius 3 is 3.06 bits per heavy atom. The predicted octanol–water partition coefficient (Wildman–Crippen LogP) is 2.33. The summed E-state index contributed by atoms with van der Waals surface area (Å²) in [4.78, 5) is 6.91. The summed E-state index contributed by atoms with van der Waals surface area (Å²) in [5, 5.41) is 0. The first-order valence-corrected chi connectivity index (χ1v) is 6.70. The van der Waals surface area contributed by atoms with Gasteiger partial charge in [-0.1, -0.05) is 13.3 Å². The third-order valence-corrected chi connectivity index (χ3v) is 3.60. The van der Waals surface area contributed by atoms with Crippen LogP contribution in [0.5, 0.6) is 0 Å². The standard InChI is InChI=1S/C14H23N3/c1-2-3-12-6-8-17(11-12)9-7-14-5-4-13(15)10-16-14/h4-5,10,12H,2-3,6-9,11,15H2,1H3. The van der Waals surface area contributed by atoms with Gasteiger partial charge in [-0.2, -0.15) is 0 Å². The minimum absolute atomic E-state index is 0.748. The van der Waals surface area contributed by atoms with Gasteiger partial charge in [-0.05, 0) is 37.4 Å². The van der Waals surface area contributed by atoms with Crippen molar-refractivity contribution in [3.05, 3.63) is 24.0 Å². The highest BCUT2D eigenvalue weighted by Gasteiger charge is 2.20. The molecule has 0 amide bonds. The minimum Gasteiger partial charge on any atom is -0.397 e. The maximum absolute atomic E-state index is 5.62. The van der Waals surface area contributed by atoms with Gasteiger partial charge in [0.05, 0.1) is 11.9 Å². The van der Waals surface area contributed by atoms with Crippen LogP contribution in [-0.2, 0) is 6.42 Å². The zero-order valence-electron chi connectivity index (χ0n) is 10.7. The smallest absolute Gasteiger partial charge is 0.0501 e. The lowest BCUT2D eigenvalue weighted by molar-refractivity contribution is 0.323. The zero-order chi connectivity index (χ0) is 12.1. The van der Waals surface area contributed by atoms with Crippen LogP contribution in [0.15, 0.2) is 18.3 Å². The second kappa shape index (κ2) is 6.01. The molecule has 1 unspecified atom stereocenters. The SMILES string of the molecule is CCCC1CCN(CCc2ccc(N)cn2)C1. The quantitative estimate of drug-likeness (QED) is 0.848. The molecule has 2 N–H and O–H groups in total. The Kier molecular flexibility index (Phi) is 4.37. The zero-order valence-corrected chi connectivity index (χ0v) is 10.7. The van der Waals surface area contributed by atoms with E-state index in [4.69, 9.17) is 5.73 Å². The van der Waals surface area contributed by atoms with Gasteiger partial charge in [0, 0.05) is 25.2 Å². The normalized spacial score (nSPS) is 20.9. The molecule has 1 aliphatic heterocycles. The molecule has 3 heteroatoms. The molecule has 1 atom stereocenters. The fourth-order valence-electron chi connectivity index (χ4n) is 2.62. The Labute approximate surface area is 104 Å². The first kappa shape index (κ1) is 12.4. The average Bonchev–Trinajstić information content (AvgIpc) is 2.77. The van der Waals surface area contributed by atoms with Crippen molar-refractivity contribution in [1.29, 1.82) is 0 Å². The van der Waals surface area contributed by atoms with Crippen LogP contribution in [-0.4, -0.2) is 29.5 Å². The number of hydrogen-bond acceptors (Lipinski definition) is 3. The van der Waals surface area contributed by atoms with Gasteiger partial charge in [-0.25, -0.2) is 0 Å². The van der Waals surface area contributed by atoms with Gasteiger partial charge < -0.3 is 10.6 Å². The Morgan fingerprint density at radius 2 is 2.35 bits per heavy atom. The van der Waals surface area contributed by atoms with E-state index in [2.05, 4.69) is 16.8 Å². The van der Waals surface area contributed by atoms with Crippen molar-refractivity contribution in [3.8, 4) is 0 Å². The van der Waals surface area contributed by atoms with Crippen molar-refractivity contribution in [3.63, 3.8) is 0 Å². The van der Waals surface area contributed by atoms with E-state index in [0.29, 0.717) is 0 Å². The lowest BCUT2D eigenvalue weighted by atomic mass is 10.0. The molecule has 94 valence electrons. The molecule has 0 saturated carbocycles. The van der Waals surface area contributed by atoms with Gasteiger partial charge in [0.2, 0.25) is 0 Å².